The molecule has 4 heteroatoms. The zero-order valence-electron chi connectivity index (χ0n) is 14.9. The number of benzene rings is 1. The predicted molar refractivity (Wildman–Crippen MR) is 99.9 cm³/mol. The van der Waals surface area contributed by atoms with Gasteiger partial charge in [0.05, 0.1) is 11.8 Å². The molecule has 0 bridgehead atoms. The summed E-state index contributed by atoms with van der Waals surface area (Å²) in [7, 11) is 1.74. The summed E-state index contributed by atoms with van der Waals surface area (Å²) in [4.78, 5) is 9.39. The van der Waals surface area contributed by atoms with Crippen LogP contribution in [0.5, 0.6) is 0 Å². The van der Waals surface area contributed by atoms with E-state index in [9.17, 15) is 0 Å². The molecule has 1 aromatic carbocycles. The van der Waals surface area contributed by atoms with Gasteiger partial charge >= 0.3 is 0 Å². The fourth-order valence-corrected chi connectivity index (χ4v) is 3.09. The summed E-state index contributed by atoms with van der Waals surface area (Å²) >= 11 is 1.66. The van der Waals surface area contributed by atoms with Gasteiger partial charge in [0.2, 0.25) is 0 Å². The van der Waals surface area contributed by atoms with Crippen molar-refractivity contribution in [2.45, 2.75) is 47.1 Å². The Morgan fingerprint density at radius 3 is 2.65 bits per heavy atom. The first-order valence-electron chi connectivity index (χ1n) is 8.10. The minimum absolute atomic E-state index is 0.0344. The van der Waals surface area contributed by atoms with Crippen LogP contribution in [0.25, 0.3) is 10.6 Å². The highest BCUT2D eigenvalue weighted by Gasteiger charge is 2.15. The van der Waals surface area contributed by atoms with Crippen LogP contribution in [-0.2, 0) is 4.74 Å². The van der Waals surface area contributed by atoms with E-state index in [1.165, 1.54) is 11.3 Å². The predicted octanol–water partition coefficient (Wildman–Crippen LogP) is 5.96. The molecule has 23 heavy (non-hydrogen) atoms. The van der Waals surface area contributed by atoms with Crippen LogP contribution in [0.2, 0.25) is 0 Å². The van der Waals surface area contributed by atoms with E-state index in [1.54, 1.807) is 18.4 Å². The molecule has 1 aromatic heterocycles. The lowest BCUT2D eigenvalue weighted by molar-refractivity contribution is 0.119. The summed E-state index contributed by atoms with van der Waals surface area (Å²) in [5, 5.41) is 3.04. The maximum Gasteiger partial charge on any atom is 0.123 e. The number of hydrogen-bond donors (Lipinski definition) is 0. The molecule has 3 nitrogen and oxygen atoms in total. The first kappa shape index (κ1) is 17.8. The smallest absolute Gasteiger partial charge is 0.123 e. The van der Waals surface area contributed by atoms with E-state index < -0.39 is 0 Å². The zero-order valence-corrected chi connectivity index (χ0v) is 15.7. The lowest BCUT2D eigenvalue weighted by Crippen LogP contribution is -2.05. The van der Waals surface area contributed by atoms with E-state index in [2.05, 4.69) is 51.7 Å². The maximum absolute atomic E-state index is 5.51. The highest BCUT2D eigenvalue weighted by atomic mass is 32.1. The molecule has 1 heterocycles. The monoisotopic (exact) mass is 330 g/mol. The Morgan fingerprint density at radius 2 is 2.09 bits per heavy atom. The van der Waals surface area contributed by atoms with Crippen LogP contribution in [0.1, 0.15) is 51.3 Å². The van der Waals surface area contributed by atoms with Crippen LogP contribution < -0.4 is 0 Å². The molecule has 0 aliphatic rings. The summed E-state index contributed by atoms with van der Waals surface area (Å²) in [5.74, 6) is 0.487. The Labute approximate surface area is 143 Å². The van der Waals surface area contributed by atoms with Crippen LogP contribution in [0.15, 0.2) is 28.7 Å². The van der Waals surface area contributed by atoms with E-state index in [0.29, 0.717) is 5.92 Å². The van der Waals surface area contributed by atoms with E-state index in [1.807, 2.05) is 11.6 Å². The standard InChI is InChI=1S/C19H26N2OS/c1-7-12(2)14(4)21-18-11-16(15(5)22-6)10-17(13(18)3)19-20-8-9-23-19/h8-12,15H,7H2,1-6H3/b21-14-. The van der Waals surface area contributed by atoms with Gasteiger partial charge < -0.3 is 4.74 Å². The Hall–Kier alpha value is -1.52. The number of aromatic nitrogens is 1. The van der Waals surface area contributed by atoms with E-state index >= 15 is 0 Å². The van der Waals surface area contributed by atoms with Gasteiger partial charge in [0.15, 0.2) is 0 Å². The number of aliphatic imine (C=N–C) groups is 1. The fraction of sp³-hybridized carbons (Fsp3) is 0.474. The van der Waals surface area contributed by atoms with E-state index in [-0.39, 0.29) is 6.10 Å². The summed E-state index contributed by atoms with van der Waals surface area (Å²) in [5.41, 5.74) is 5.66. The molecular formula is C19H26N2OS. The topological polar surface area (TPSA) is 34.5 Å². The minimum atomic E-state index is 0.0344. The third kappa shape index (κ3) is 4.06. The second-order valence-corrected chi connectivity index (χ2v) is 6.88. The average molecular weight is 330 g/mol. The number of methoxy groups -OCH3 is 1. The van der Waals surface area contributed by atoms with Crippen molar-refractivity contribution in [3.63, 3.8) is 0 Å². The summed E-state index contributed by atoms with van der Waals surface area (Å²) in [6.45, 7) is 10.7. The molecule has 0 spiro atoms. The lowest BCUT2D eigenvalue weighted by Gasteiger charge is -2.16. The van der Waals surface area contributed by atoms with Crippen molar-refractivity contribution in [3.05, 3.63) is 34.8 Å². The Bertz CT molecular complexity index is 677. The number of ether oxygens (including phenoxy) is 1. The molecule has 2 atom stereocenters. The SMILES string of the molecule is CCC(C)/C(C)=N\c1cc(C(C)OC)cc(-c2nccs2)c1C. The number of thiazole rings is 1. The Balaban J connectivity index is 2.59. The van der Waals surface area contributed by atoms with Crippen molar-refractivity contribution in [3.8, 4) is 10.6 Å². The second kappa shape index (κ2) is 7.84. The molecule has 124 valence electrons. The molecular weight excluding hydrogens is 304 g/mol. The van der Waals surface area contributed by atoms with Crippen molar-refractivity contribution >= 4 is 22.7 Å². The molecule has 0 saturated heterocycles. The average Bonchev–Trinajstić information content (AvgIpc) is 3.09. The number of nitrogens with zero attached hydrogens (tertiary/aromatic N) is 2. The molecule has 0 fully saturated rings. The van der Waals surface area contributed by atoms with Gasteiger partial charge in [-0.1, -0.05) is 13.8 Å². The molecule has 0 amide bonds. The van der Waals surface area contributed by atoms with E-state index in [0.717, 1.165) is 28.2 Å². The Kier molecular flexibility index (Phi) is 6.08. The Morgan fingerprint density at radius 1 is 1.35 bits per heavy atom. The van der Waals surface area contributed by atoms with E-state index in [4.69, 9.17) is 9.73 Å². The summed E-state index contributed by atoms with van der Waals surface area (Å²) in [6.07, 6.45) is 2.98. The largest absolute Gasteiger partial charge is 0.377 e. The van der Waals surface area contributed by atoms with Crippen molar-refractivity contribution in [1.29, 1.82) is 0 Å². The lowest BCUT2D eigenvalue weighted by atomic mass is 9.99. The van der Waals surface area contributed by atoms with Gasteiger partial charge in [0.1, 0.15) is 5.01 Å². The van der Waals surface area contributed by atoms with Gasteiger partial charge in [0.25, 0.3) is 0 Å². The third-order valence-corrected chi connectivity index (χ3v) is 5.32. The summed E-state index contributed by atoms with van der Waals surface area (Å²) in [6, 6.07) is 4.33. The summed E-state index contributed by atoms with van der Waals surface area (Å²) < 4.78 is 5.51. The molecule has 0 saturated carbocycles. The van der Waals surface area contributed by atoms with Crippen LogP contribution in [0.3, 0.4) is 0 Å². The van der Waals surface area contributed by atoms with Gasteiger partial charge in [-0.05, 0) is 56.4 Å². The van der Waals surface area contributed by atoms with Gasteiger partial charge in [-0.25, -0.2) is 4.98 Å². The first-order valence-corrected chi connectivity index (χ1v) is 8.98. The second-order valence-electron chi connectivity index (χ2n) is 5.99. The first-order chi connectivity index (χ1) is 11.0. The number of hydrogen-bond acceptors (Lipinski definition) is 4. The normalized spacial score (nSPS) is 14.8. The van der Waals surface area contributed by atoms with Crippen LogP contribution in [0.4, 0.5) is 5.69 Å². The molecule has 0 aliphatic heterocycles. The minimum Gasteiger partial charge on any atom is -0.377 e. The van der Waals surface area contributed by atoms with Gasteiger partial charge in [0, 0.05) is 30.0 Å². The van der Waals surface area contributed by atoms with Crippen LogP contribution in [0, 0.1) is 12.8 Å². The molecule has 2 rings (SSSR count). The quantitative estimate of drug-likeness (QED) is 0.612. The van der Waals surface area contributed by atoms with Gasteiger partial charge in [-0.15, -0.1) is 11.3 Å². The molecule has 0 aliphatic carbocycles. The zero-order chi connectivity index (χ0) is 17.0. The molecule has 2 aromatic rings. The highest BCUT2D eigenvalue weighted by Crippen LogP contribution is 2.35. The third-order valence-electron chi connectivity index (χ3n) is 4.51. The highest BCUT2D eigenvalue weighted by molar-refractivity contribution is 7.13. The molecule has 0 N–H and O–H groups in total. The molecule has 2 unspecified atom stereocenters. The van der Waals surface area contributed by atoms with Gasteiger partial charge in [-0.2, -0.15) is 0 Å². The number of rotatable bonds is 6. The van der Waals surface area contributed by atoms with Crippen molar-refractivity contribution in [2.75, 3.05) is 7.11 Å². The fourth-order valence-electron chi connectivity index (χ4n) is 2.38. The maximum atomic E-state index is 5.51. The van der Waals surface area contributed by atoms with Crippen LogP contribution >= 0.6 is 11.3 Å². The molecule has 0 radical (unpaired) electrons. The van der Waals surface area contributed by atoms with Crippen LogP contribution in [-0.4, -0.2) is 17.8 Å². The van der Waals surface area contributed by atoms with Gasteiger partial charge in [-0.3, -0.25) is 4.99 Å². The van der Waals surface area contributed by atoms with Crippen molar-refractivity contribution in [2.24, 2.45) is 10.9 Å². The van der Waals surface area contributed by atoms with Crippen molar-refractivity contribution < 1.29 is 4.74 Å². The van der Waals surface area contributed by atoms with Crippen molar-refractivity contribution in [1.82, 2.24) is 4.98 Å².